The average molecular weight is 506 g/mol. The molecule has 1 saturated heterocycles. The van der Waals surface area contributed by atoms with Gasteiger partial charge in [-0.2, -0.15) is 0 Å². The first-order chi connectivity index (χ1) is 16.9. The van der Waals surface area contributed by atoms with Crippen molar-refractivity contribution in [2.24, 2.45) is 0 Å². The number of carbonyl (C=O) groups is 1. The van der Waals surface area contributed by atoms with E-state index in [0.717, 1.165) is 41.1 Å². The fourth-order valence-electron chi connectivity index (χ4n) is 4.34. The summed E-state index contributed by atoms with van der Waals surface area (Å²) >= 11 is 6.64. The van der Waals surface area contributed by atoms with E-state index in [-0.39, 0.29) is 11.9 Å². The summed E-state index contributed by atoms with van der Waals surface area (Å²) in [6.07, 6.45) is 1.73. The van der Waals surface area contributed by atoms with E-state index < -0.39 is 0 Å². The second-order valence-corrected chi connectivity index (χ2v) is 8.76. The summed E-state index contributed by atoms with van der Waals surface area (Å²) < 4.78 is 21.8. The lowest BCUT2D eigenvalue weighted by Gasteiger charge is -2.36. The molecular weight excluding hydrogens is 470 g/mol. The molecule has 0 saturated carbocycles. The van der Waals surface area contributed by atoms with Crippen LogP contribution >= 0.6 is 11.6 Å². The van der Waals surface area contributed by atoms with Crippen LogP contribution in [0.4, 0.5) is 0 Å². The molecule has 0 spiro atoms. The van der Waals surface area contributed by atoms with Crippen LogP contribution in [-0.4, -0.2) is 70.1 Å². The molecule has 1 atom stereocenters. The highest BCUT2D eigenvalue weighted by molar-refractivity contribution is 6.32. The van der Waals surface area contributed by atoms with E-state index in [2.05, 4.69) is 35.3 Å². The van der Waals surface area contributed by atoms with E-state index in [1.807, 2.05) is 6.92 Å². The molecule has 9 heteroatoms. The van der Waals surface area contributed by atoms with Crippen LogP contribution in [0, 0.1) is 0 Å². The van der Waals surface area contributed by atoms with Crippen LogP contribution in [0.2, 0.25) is 5.02 Å². The molecular formula is C26H36ClN3O5. The van der Waals surface area contributed by atoms with Gasteiger partial charge in [0.2, 0.25) is 0 Å². The summed E-state index contributed by atoms with van der Waals surface area (Å²) in [6.45, 7) is 18.4. The first kappa shape index (κ1) is 27.1. The maximum Gasteiger partial charge on any atom is 0.255 e. The van der Waals surface area contributed by atoms with Crippen LogP contribution < -0.4 is 15.4 Å². The summed E-state index contributed by atoms with van der Waals surface area (Å²) in [5.41, 5.74) is 4.64. The number of amides is 1. The summed E-state index contributed by atoms with van der Waals surface area (Å²) in [6, 6.07) is 1.72. The molecule has 2 aliphatic heterocycles. The number of nitrogens with zero attached hydrogens (tertiary/aromatic N) is 1. The molecule has 2 N–H and O–H groups in total. The standard InChI is InChI=1S/C26H36ClN3O5/c1-6-33-11-12-35-14-13-34-10-9-28-26(31)20-15-22(27)21-16-30(19(4)24(21)25(20)32-5)23-8-7-17(2)29-18(23)3/h15,23,29H,2-4,6-14,16H2,1,5H3,(H,28,31). The predicted octanol–water partition coefficient (Wildman–Crippen LogP) is 3.71. The Morgan fingerprint density at radius 1 is 1.17 bits per heavy atom. The molecule has 1 fully saturated rings. The smallest absolute Gasteiger partial charge is 0.255 e. The molecule has 1 aromatic rings. The normalized spacial score (nSPS) is 17.4. The lowest BCUT2D eigenvalue weighted by Crippen LogP contribution is -2.39. The van der Waals surface area contributed by atoms with Crippen molar-refractivity contribution in [1.82, 2.24) is 15.5 Å². The zero-order chi connectivity index (χ0) is 25.4. The molecule has 1 aromatic carbocycles. The van der Waals surface area contributed by atoms with Gasteiger partial charge in [0.25, 0.3) is 5.91 Å². The molecule has 8 nitrogen and oxygen atoms in total. The number of carbonyl (C=O) groups excluding carboxylic acids is 1. The molecule has 0 aliphatic carbocycles. The number of fused-ring (bicyclic) bond motifs is 1. The minimum atomic E-state index is -0.283. The quantitative estimate of drug-likeness (QED) is 0.395. The highest BCUT2D eigenvalue weighted by atomic mass is 35.5. The minimum absolute atomic E-state index is 0.0544. The predicted molar refractivity (Wildman–Crippen MR) is 137 cm³/mol. The van der Waals surface area contributed by atoms with Crippen molar-refractivity contribution in [3.63, 3.8) is 0 Å². The second kappa shape index (κ2) is 13.0. The molecule has 192 valence electrons. The summed E-state index contributed by atoms with van der Waals surface area (Å²) in [5.74, 6) is 0.186. The summed E-state index contributed by atoms with van der Waals surface area (Å²) in [7, 11) is 1.55. The Morgan fingerprint density at radius 2 is 1.86 bits per heavy atom. The Labute approximate surface area is 212 Å². The maximum atomic E-state index is 13.0. The largest absolute Gasteiger partial charge is 0.495 e. The van der Waals surface area contributed by atoms with Crippen molar-refractivity contribution < 1.29 is 23.7 Å². The first-order valence-corrected chi connectivity index (χ1v) is 12.3. The van der Waals surface area contributed by atoms with E-state index in [4.69, 9.17) is 30.5 Å². The van der Waals surface area contributed by atoms with Crippen LogP contribution in [0.1, 0.15) is 41.3 Å². The monoisotopic (exact) mass is 505 g/mol. The lowest BCUT2D eigenvalue weighted by atomic mass is 10.00. The number of ether oxygens (including phenoxy) is 4. The topological polar surface area (TPSA) is 81.3 Å². The third-order valence-corrected chi connectivity index (χ3v) is 6.40. The van der Waals surface area contributed by atoms with E-state index in [1.165, 1.54) is 0 Å². The Morgan fingerprint density at radius 3 is 2.51 bits per heavy atom. The number of hydrogen-bond donors (Lipinski definition) is 2. The van der Waals surface area contributed by atoms with Crippen molar-refractivity contribution in [2.75, 3.05) is 53.3 Å². The highest BCUT2D eigenvalue weighted by Gasteiger charge is 2.36. The SMILES string of the molecule is C=C1CCC(N2Cc3c(Cl)cc(C(=O)NCCOCCOCCOCC)c(OC)c3C2=C)C(=C)N1. The van der Waals surface area contributed by atoms with Crippen molar-refractivity contribution in [3.8, 4) is 5.75 Å². The van der Waals surface area contributed by atoms with Gasteiger partial charge in [-0.3, -0.25) is 4.79 Å². The molecule has 1 unspecified atom stereocenters. The van der Waals surface area contributed by atoms with Gasteiger partial charge in [-0.15, -0.1) is 0 Å². The Bertz CT molecular complexity index is 965. The average Bonchev–Trinajstić information content (AvgIpc) is 3.17. The Balaban J connectivity index is 1.59. The van der Waals surface area contributed by atoms with Crippen LogP contribution in [0.3, 0.4) is 0 Å². The molecule has 2 aliphatic rings. The number of benzene rings is 1. The molecule has 3 rings (SSSR count). The Kier molecular flexibility index (Phi) is 10.0. The molecule has 0 aromatic heterocycles. The van der Waals surface area contributed by atoms with Crippen molar-refractivity contribution in [1.29, 1.82) is 0 Å². The number of nitrogens with one attached hydrogen (secondary N) is 2. The minimum Gasteiger partial charge on any atom is -0.495 e. The van der Waals surface area contributed by atoms with Crippen molar-refractivity contribution >= 4 is 23.2 Å². The van der Waals surface area contributed by atoms with Crippen molar-refractivity contribution in [2.45, 2.75) is 32.4 Å². The highest BCUT2D eigenvalue weighted by Crippen LogP contribution is 2.46. The zero-order valence-corrected chi connectivity index (χ0v) is 21.5. The lowest BCUT2D eigenvalue weighted by molar-refractivity contribution is 0.0175. The summed E-state index contributed by atoms with van der Waals surface area (Å²) in [4.78, 5) is 15.1. The van der Waals surface area contributed by atoms with Gasteiger partial charge in [0.05, 0.1) is 51.7 Å². The number of methoxy groups -OCH3 is 1. The first-order valence-electron chi connectivity index (χ1n) is 11.9. The van der Waals surface area contributed by atoms with Crippen molar-refractivity contribution in [3.05, 3.63) is 58.9 Å². The van der Waals surface area contributed by atoms with E-state index in [0.29, 0.717) is 69.1 Å². The van der Waals surface area contributed by atoms with Crippen LogP contribution in [-0.2, 0) is 20.8 Å². The Hall–Kier alpha value is -2.52. The van der Waals surface area contributed by atoms with Gasteiger partial charge in [0.1, 0.15) is 5.75 Å². The van der Waals surface area contributed by atoms with Gasteiger partial charge < -0.3 is 34.5 Å². The van der Waals surface area contributed by atoms with Crippen LogP contribution in [0.5, 0.6) is 5.75 Å². The fraction of sp³-hybridized carbons (Fsp3) is 0.500. The number of halogens is 1. The second-order valence-electron chi connectivity index (χ2n) is 8.35. The van der Waals surface area contributed by atoms with Gasteiger partial charge >= 0.3 is 0 Å². The fourth-order valence-corrected chi connectivity index (χ4v) is 4.60. The molecule has 2 heterocycles. The van der Waals surface area contributed by atoms with Gasteiger partial charge in [-0.05, 0) is 25.8 Å². The van der Waals surface area contributed by atoms with Crippen LogP contribution in [0.15, 0.2) is 37.2 Å². The van der Waals surface area contributed by atoms with Gasteiger partial charge in [0, 0.05) is 52.9 Å². The van der Waals surface area contributed by atoms with E-state index in [9.17, 15) is 4.79 Å². The zero-order valence-electron chi connectivity index (χ0n) is 20.7. The van der Waals surface area contributed by atoms with Gasteiger partial charge in [0.15, 0.2) is 0 Å². The maximum absolute atomic E-state index is 13.0. The molecule has 0 bridgehead atoms. The molecule has 0 radical (unpaired) electrons. The number of hydrogen-bond acceptors (Lipinski definition) is 7. The summed E-state index contributed by atoms with van der Waals surface area (Å²) in [5, 5.41) is 6.63. The van der Waals surface area contributed by atoms with E-state index >= 15 is 0 Å². The third kappa shape index (κ3) is 6.58. The van der Waals surface area contributed by atoms with Crippen LogP contribution in [0.25, 0.3) is 5.70 Å². The molecule has 35 heavy (non-hydrogen) atoms. The number of allylic oxidation sites excluding steroid dienone is 1. The third-order valence-electron chi connectivity index (χ3n) is 6.06. The number of piperidine rings is 1. The van der Waals surface area contributed by atoms with Gasteiger partial charge in [-0.25, -0.2) is 0 Å². The van der Waals surface area contributed by atoms with Gasteiger partial charge in [-0.1, -0.05) is 31.3 Å². The van der Waals surface area contributed by atoms with E-state index in [1.54, 1.807) is 13.2 Å². The molecule has 1 amide bonds. The number of rotatable bonds is 13.